The first-order valence-electron chi connectivity index (χ1n) is 6.62. The van der Waals surface area contributed by atoms with E-state index >= 15 is 0 Å². The normalized spacial score (nSPS) is 19.8. The van der Waals surface area contributed by atoms with E-state index in [1.54, 1.807) is 11.8 Å². The van der Waals surface area contributed by atoms with E-state index in [1.165, 1.54) is 6.42 Å². The van der Waals surface area contributed by atoms with Crippen molar-refractivity contribution in [3.05, 3.63) is 0 Å². The van der Waals surface area contributed by atoms with Gasteiger partial charge in [-0.25, -0.2) is 0 Å². The molecule has 1 saturated carbocycles. The molecule has 1 aliphatic carbocycles. The van der Waals surface area contributed by atoms with Gasteiger partial charge >= 0.3 is 0 Å². The minimum atomic E-state index is -0.602. The number of carbonyl (C=O) groups excluding carboxylic acids is 1. The second-order valence-electron chi connectivity index (χ2n) is 5.16. The highest BCUT2D eigenvalue weighted by Crippen LogP contribution is 2.27. The van der Waals surface area contributed by atoms with Crippen LogP contribution in [0.2, 0.25) is 0 Å². The van der Waals surface area contributed by atoms with Crippen molar-refractivity contribution in [1.82, 2.24) is 5.32 Å². The highest BCUT2D eigenvalue weighted by Gasteiger charge is 2.33. The summed E-state index contributed by atoms with van der Waals surface area (Å²) < 4.78 is 0. The zero-order valence-electron chi connectivity index (χ0n) is 11.1. The molecule has 4 nitrogen and oxygen atoms in total. The van der Waals surface area contributed by atoms with Gasteiger partial charge in [0.15, 0.2) is 0 Å². The van der Waals surface area contributed by atoms with Crippen LogP contribution in [-0.2, 0) is 4.79 Å². The van der Waals surface area contributed by atoms with Gasteiger partial charge in [0.2, 0.25) is 5.91 Å². The van der Waals surface area contributed by atoms with E-state index in [4.69, 9.17) is 5.73 Å². The second kappa shape index (κ2) is 7.65. The molecule has 0 spiro atoms. The largest absolute Gasteiger partial charge is 0.337 e. The van der Waals surface area contributed by atoms with Crippen molar-refractivity contribution in [1.29, 1.82) is 5.26 Å². The number of rotatable bonds is 6. The summed E-state index contributed by atoms with van der Waals surface area (Å²) in [6, 6.07) is 2.30. The lowest BCUT2D eigenvalue weighted by molar-refractivity contribution is -0.120. The van der Waals surface area contributed by atoms with Crippen molar-refractivity contribution in [2.45, 2.75) is 44.6 Å². The second-order valence-corrected chi connectivity index (χ2v) is 6.19. The average Bonchev–Trinajstić information content (AvgIpc) is 2.39. The van der Waals surface area contributed by atoms with E-state index in [0.717, 1.165) is 31.4 Å². The van der Waals surface area contributed by atoms with E-state index in [0.29, 0.717) is 18.2 Å². The first-order valence-corrected chi connectivity index (χ1v) is 7.77. The molecular formula is C13H23N3OS. The minimum absolute atomic E-state index is 0.0207. The molecule has 0 heterocycles. The molecule has 0 aliphatic heterocycles. The Labute approximate surface area is 114 Å². The maximum absolute atomic E-state index is 11.8. The van der Waals surface area contributed by atoms with Crippen LogP contribution in [0.3, 0.4) is 0 Å². The molecule has 5 heteroatoms. The summed E-state index contributed by atoms with van der Waals surface area (Å²) >= 11 is 1.59. The van der Waals surface area contributed by atoms with Gasteiger partial charge in [-0.15, -0.1) is 0 Å². The molecular weight excluding hydrogens is 246 g/mol. The van der Waals surface area contributed by atoms with Crippen LogP contribution in [0.5, 0.6) is 0 Å². The highest BCUT2D eigenvalue weighted by molar-refractivity contribution is 7.99. The molecule has 0 aromatic heterocycles. The zero-order chi connectivity index (χ0) is 13.4. The van der Waals surface area contributed by atoms with Gasteiger partial charge in [-0.2, -0.15) is 17.0 Å². The molecule has 1 unspecified atom stereocenters. The number of thioether (sulfide) groups is 1. The topological polar surface area (TPSA) is 78.9 Å². The van der Waals surface area contributed by atoms with Gasteiger partial charge < -0.3 is 11.1 Å². The number of amides is 1. The number of hydrogen-bond acceptors (Lipinski definition) is 4. The molecule has 1 rings (SSSR count). The number of hydrogen-bond donors (Lipinski definition) is 2. The summed E-state index contributed by atoms with van der Waals surface area (Å²) in [7, 11) is 0. The zero-order valence-corrected chi connectivity index (χ0v) is 11.9. The minimum Gasteiger partial charge on any atom is -0.337 e. The van der Waals surface area contributed by atoms with Crippen LogP contribution >= 0.6 is 11.8 Å². The van der Waals surface area contributed by atoms with Crippen LogP contribution in [0.15, 0.2) is 0 Å². The number of nitrogens with two attached hydrogens (primary N) is 1. The van der Waals surface area contributed by atoms with Gasteiger partial charge in [-0.1, -0.05) is 26.2 Å². The van der Waals surface area contributed by atoms with Crippen molar-refractivity contribution in [2.75, 3.05) is 18.1 Å². The van der Waals surface area contributed by atoms with Gasteiger partial charge in [0.05, 0.1) is 11.8 Å². The molecule has 0 bridgehead atoms. The van der Waals surface area contributed by atoms with E-state index in [-0.39, 0.29) is 5.91 Å². The Kier molecular flexibility index (Phi) is 6.51. The molecule has 0 saturated heterocycles. The van der Waals surface area contributed by atoms with E-state index < -0.39 is 5.54 Å². The fourth-order valence-electron chi connectivity index (χ4n) is 2.14. The Morgan fingerprint density at radius 3 is 2.72 bits per heavy atom. The Morgan fingerprint density at radius 1 is 1.50 bits per heavy atom. The number of nitrogens with zero attached hydrogens (tertiary/aromatic N) is 1. The molecule has 1 fully saturated rings. The molecule has 1 aliphatic rings. The van der Waals surface area contributed by atoms with Crippen LogP contribution in [0.4, 0.5) is 0 Å². The van der Waals surface area contributed by atoms with E-state index in [1.807, 2.05) is 0 Å². The summed E-state index contributed by atoms with van der Waals surface area (Å²) in [6.45, 7) is 2.72. The van der Waals surface area contributed by atoms with Crippen LogP contribution in [0, 0.1) is 17.2 Å². The smallest absolute Gasteiger partial charge is 0.231 e. The third-order valence-electron chi connectivity index (χ3n) is 3.34. The maximum Gasteiger partial charge on any atom is 0.231 e. The van der Waals surface area contributed by atoms with Gasteiger partial charge in [0.1, 0.15) is 5.54 Å². The Bertz CT molecular complexity index is 308. The van der Waals surface area contributed by atoms with Gasteiger partial charge in [-0.3, -0.25) is 4.79 Å². The van der Waals surface area contributed by atoms with Crippen molar-refractivity contribution < 1.29 is 4.79 Å². The number of nitriles is 1. The van der Waals surface area contributed by atoms with Crippen molar-refractivity contribution in [2.24, 2.45) is 11.7 Å². The molecule has 0 aromatic rings. The van der Waals surface area contributed by atoms with Crippen LogP contribution in [-0.4, -0.2) is 29.5 Å². The molecule has 1 amide bonds. The quantitative estimate of drug-likeness (QED) is 0.768. The highest BCUT2D eigenvalue weighted by atomic mass is 32.2. The molecule has 0 aromatic carbocycles. The number of carbonyl (C=O) groups is 1. The molecule has 102 valence electrons. The lowest BCUT2D eigenvalue weighted by Crippen LogP contribution is -2.49. The predicted molar refractivity (Wildman–Crippen MR) is 75.1 cm³/mol. The molecule has 0 radical (unpaired) electrons. The van der Waals surface area contributed by atoms with Gasteiger partial charge in [0.25, 0.3) is 0 Å². The summed E-state index contributed by atoms with van der Waals surface area (Å²) in [5.41, 5.74) is 4.92. The van der Waals surface area contributed by atoms with Crippen molar-refractivity contribution >= 4 is 17.7 Å². The van der Waals surface area contributed by atoms with Crippen LogP contribution < -0.4 is 11.1 Å². The third kappa shape index (κ3) is 4.87. The Morgan fingerprint density at radius 2 is 2.17 bits per heavy atom. The monoisotopic (exact) mass is 269 g/mol. The summed E-state index contributed by atoms with van der Waals surface area (Å²) in [5.74, 6) is 1.73. The van der Waals surface area contributed by atoms with E-state index in [9.17, 15) is 10.1 Å². The summed E-state index contributed by atoms with van der Waals surface area (Å²) in [4.78, 5) is 11.8. The third-order valence-corrected chi connectivity index (χ3v) is 4.61. The molecule has 18 heavy (non-hydrogen) atoms. The first-order chi connectivity index (χ1) is 8.62. The van der Waals surface area contributed by atoms with Crippen molar-refractivity contribution in [3.63, 3.8) is 0 Å². The van der Waals surface area contributed by atoms with Crippen LogP contribution in [0.25, 0.3) is 0 Å². The summed E-state index contributed by atoms with van der Waals surface area (Å²) in [5, 5.41) is 12.2. The fraction of sp³-hybridized carbons (Fsp3) is 0.846. The lowest BCUT2D eigenvalue weighted by Gasteiger charge is -2.31. The Balaban J connectivity index is 2.32. The fourth-order valence-corrected chi connectivity index (χ4v) is 3.06. The summed E-state index contributed by atoms with van der Waals surface area (Å²) in [6.07, 6.45) is 4.82. The molecule has 1 atom stereocenters. The maximum atomic E-state index is 11.8. The van der Waals surface area contributed by atoms with Gasteiger partial charge in [0, 0.05) is 0 Å². The Hall–Kier alpha value is -0.730. The average molecular weight is 269 g/mol. The van der Waals surface area contributed by atoms with Crippen molar-refractivity contribution in [3.8, 4) is 6.07 Å². The number of nitrogens with one attached hydrogen (secondary N) is 1. The van der Waals surface area contributed by atoms with Crippen LogP contribution in [0.1, 0.15) is 39.0 Å². The van der Waals surface area contributed by atoms with E-state index in [2.05, 4.69) is 18.3 Å². The molecule has 3 N–H and O–H groups in total. The lowest BCUT2D eigenvalue weighted by atomic mass is 9.83. The SMILES string of the molecule is CC(CN)CSCC(=O)NC1(C#N)CCCCC1. The standard InChI is InChI=1S/C13H23N3OS/c1-11(7-14)8-18-9-12(17)16-13(10-15)5-3-2-4-6-13/h11H,2-9,14H2,1H3,(H,16,17). The van der Waals surface area contributed by atoms with Gasteiger partial charge in [-0.05, 0) is 31.1 Å². The first kappa shape index (κ1) is 15.3. The predicted octanol–water partition coefficient (Wildman–Crippen LogP) is 1.66.